The first-order valence-corrected chi connectivity index (χ1v) is 8.26. The maximum atomic E-state index is 13.8. The summed E-state index contributed by atoms with van der Waals surface area (Å²) in [5.74, 6) is -0.395. The van der Waals surface area contributed by atoms with Gasteiger partial charge in [0.1, 0.15) is 11.5 Å². The molecule has 1 aliphatic carbocycles. The van der Waals surface area contributed by atoms with E-state index in [9.17, 15) is 9.18 Å². The third-order valence-electron chi connectivity index (χ3n) is 3.68. The first-order chi connectivity index (χ1) is 10.7. The molecule has 3 rings (SSSR count). The van der Waals surface area contributed by atoms with Crippen molar-refractivity contribution in [3.63, 3.8) is 0 Å². The molecule has 1 fully saturated rings. The van der Waals surface area contributed by atoms with E-state index in [0.717, 1.165) is 17.8 Å². The predicted octanol–water partition coefficient (Wildman–Crippen LogP) is 2.59. The molecule has 1 saturated carbocycles. The van der Waals surface area contributed by atoms with Crippen LogP contribution in [0.25, 0.3) is 0 Å². The molecule has 1 aromatic heterocycles. The van der Waals surface area contributed by atoms with Gasteiger partial charge in [-0.15, -0.1) is 11.3 Å². The Kier molecular flexibility index (Phi) is 4.49. The maximum absolute atomic E-state index is 13.8. The Labute approximate surface area is 132 Å². The second kappa shape index (κ2) is 6.54. The number of aromatic nitrogens is 1. The van der Waals surface area contributed by atoms with Gasteiger partial charge in [0.05, 0.1) is 5.01 Å². The van der Waals surface area contributed by atoms with Crippen molar-refractivity contribution in [2.45, 2.75) is 31.8 Å². The minimum absolute atomic E-state index is 0.120. The van der Waals surface area contributed by atoms with Gasteiger partial charge in [-0.1, -0.05) is 18.2 Å². The zero-order chi connectivity index (χ0) is 15.5. The van der Waals surface area contributed by atoms with Crippen LogP contribution >= 0.6 is 11.3 Å². The Hall–Kier alpha value is -1.79. The molecule has 4 nitrogen and oxygen atoms in total. The van der Waals surface area contributed by atoms with Crippen LogP contribution in [0.3, 0.4) is 0 Å². The summed E-state index contributed by atoms with van der Waals surface area (Å²) < 4.78 is 13.8. The number of hydrogen-bond donors (Lipinski definition) is 1. The third-order valence-corrected chi connectivity index (χ3v) is 4.58. The van der Waals surface area contributed by atoms with E-state index in [1.165, 1.54) is 17.4 Å². The van der Waals surface area contributed by atoms with Crippen molar-refractivity contribution in [2.24, 2.45) is 5.73 Å². The molecule has 0 unspecified atom stereocenters. The van der Waals surface area contributed by atoms with Crippen molar-refractivity contribution in [1.82, 2.24) is 9.88 Å². The first kappa shape index (κ1) is 15.1. The zero-order valence-electron chi connectivity index (χ0n) is 12.2. The number of halogens is 1. The lowest BCUT2D eigenvalue weighted by molar-refractivity contribution is 0.0723. The highest BCUT2D eigenvalue weighted by atomic mass is 32.1. The highest BCUT2D eigenvalue weighted by Crippen LogP contribution is 2.30. The van der Waals surface area contributed by atoms with Crippen molar-refractivity contribution in [2.75, 3.05) is 6.54 Å². The first-order valence-electron chi connectivity index (χ1n) is 7.38. The fourth-order valence-electron chi connectivity index (χ4n) is 2.36. The number of nitrogens with zero attached hydrogens (tertiary/aromatic N) is 2. The average molecular weight is 319 g/mol. The van der Waals surface area contributed by atoms with Crippen molar-refractivity contribution in [1.29, 1.82) is 0 Å². The maximum Gasteiger partial charge on any atom is 0.273 e. The van der Waals surface area contributed by atoms with Gasteiger partial charge >= 0.3 is 0 Å². The Balaban J connectivity index is 1.78. The van der Waals surface area contributed by atoms with Gasteiger partial charge in [0.2, 0.25) is 0 Å². The highest BCUT2D eigenvalue weighted by Gasteiger charge is 2.34. The van der Waals surface area contributed by atoms with Gasteiger partial charge < -0.3 is 10.6 Å². The molecule has 1 aromatic carbocycles. The van der Waals surface area contributed by atoms with Crippen LogP contribution in [0.5, 0.6) is 0 Å². The Morgan fingerprint density at radius 2 is 2.18 bits per heavy atom. The van der Waals surface area contributed by atoms with Crippen molar-refractivity contribution in [3.05, 3.63) is 51.7 Å². The average Bonchev–Trinajstić information content (AvgIpc) is 3.25. The van der Waals surface area contributed by atoms with Crippen molar-refractivity contribution < 1.29 is 9.18 Å². The smallest absolute Gasteiger partial charge is 0.273 e. The number of carbonyl (C=O) groups is 1. The number of nitrogens with two attached hydrogens (primary N) is 1. The van der Waals surface area contributed by atoms with Gasteiger partial charge in [-0.3, -0.25) is 4.79 Å². The Morgan fingerprint density at radius 1 is 1.41 bits per heavy atom. The summed E-state index contributed by atoms with van der Waals surface area (Å²) in [6.07, 6.45) is 2.62. The monoisotopic (exact) mass is 319 g/mol. The second-order valence-corrected chi connectivity index (χ2v) is 6.36. The van der Waals surface area contributed by atoms with Crippen LogP contribution in [0, 0.1) is 5.82 Å². The quantitative estimate of drug-likeness (QED) is 0.890. The molecule has 6 heteroatoms. The summed E-state index contributed by atoms with van der Waals surface area (Å²) in [5.41, 5.74) is 6.50. The highest BCUT2D eigenvalue weighted by molar-refractivity contribution is 7.09. The number of hydrogen-bond acceptors (Lipinski definition) is 4. The lowest BCUT2D eigenvalue weighted by Gasteiger charge is -2.21. The minimum atomic E-state index is -0.275. The molecular formula is C16H18FN3OS. The molecular weight excluding hydrogens is 301 g/mol. The van der Waals surface area contributed by atoms with Gasteiger partial charge in [-0.2, -0.15) is 0 Å². The lowest BCUT2D eigenvalue weighted by atomic mass is 10.2. The Morgan fingerprint density at radius 3 is 2.86 bits per heavy atom. The van der Waals surface area contributed by atoms with E-state index in [4.69, 9.17) is 5.73 Å². The molecule has 22 heavy (non-hydrogen) atoms. The Bertz CT molecular complexity index is 669. The number of amides is 1. The summed E-state index contributed by atoms with van der Waals surface area (Å²) in [4.78, 5) is 18.8. The van der Waals surface area contributed by atoms with Gasteiger partial charge in [0.15, 0.2) is 0 Å². The minimum Gasteiger partial charge on any atom is -0.330 e. The normalized spacial score (nSPS) is 14.1. The van der Waals surface area contributed by atoms with Crippen LogP contribution in [0.4, 0.5) is 4.39 Å². The molecule has 0 spiro atoms. The molecule has 0 atom stereocenters. The number of carbonyl (C=O) groups excluding carboxylic acids is 1. The number of thiazole rings is 1. The summed E-state index contributed by atoms with van der Waals surface area (Å²) in [7, 11) is 0. The number of benzene rings is 1. The van der Waals surface area contributed by atoms with Crippen LogP contribution in [0.15, 0.2) is 29.6 Å². The van der Waals surface area contributed by atoms with E-state index >= 15 is 0 Å². The molecule has 0 bridgehead atoms. The molecule has 1 aliphatic rings. The molecule has 2 aromatic rings. The summed E-state index contributed by atoms with van der Waals surface area (Å²) >= 11 is 1.45. The summed E-state index contributed by atoms with van der Waals surface area (Å²) in [5, 5.41) is 2.64. The second-order valence-electron chi connectivity index (χ2n) is 5.42. The van der Waals surface area contributed by atoms with E-state index in [-0.39, 0.29) is 17.8 Å². The molecule has 1 heterocycles. The van der Waals surface area contributed by atoms with E-state index in [1.807, 2.05) is 0 Å². The standard InChI is InChI=1S/C16H18FN3OS/c17-13-4-2-1-3-11(13)9-20(12-5-6-12)16(21)14-10-22-15(19-14)7-8-18/h1-4,10,12H,5-9,18H2. The fourth-order valence-corrected chi connectivity index (χ4v) is 3.15. The van der Waals surface area contributed by atoms with Gasteiger partial charge in [-0.25, -0.2) is 9.37 Å². The summed E-state index contributed by atoms with van der Waals surface area (Å²) in [6.45, 7) is 0.808. The SMILES string of the molecule is NCCc1nc(C(=O)N(Cc2ccccc2F)C2CC2)cs1. The third kappa shape index (κ3) is 3.34. The van der Waals surface area contributed by atoms with E-state index in [1.54, 1.807) is 28.5 Å². The van der Waals surface area contributed by atoms with Crippen LogP contribution in [0.1, 0.15) is 33.9 Å². The van der Waals surface area contributed by atoms with Crippen LogP contribution in [0.2, 0.25) is 0 Å². The molecule has 0 aliphatic heterocycles. The van der Waals surface area contributed by atoms with Crippen LogP contribution in [-0.4, -0.2) is 28.4 Å². The fraction of sp³-hybridized carbons (Fsp3) is 0.375. The molecule has 116 valence electrons. The van der Waals surface area contributed by atoms with Crippen molar-refractivity contribution in [3.8, 4) is 0 Å². The van der Waals surface area contributed by atoms with Gasteiger partial charge in [0.25, 0.3) is 5.91 Å². The molecule has 2 N–H and O–H groups in total. The lowest BCUT2D eigenvalue weighted by Crippen LogP contribution is -2.33. The van der Waals surface area contributed by atoms with E-state index in [0.29, 0.717) is 30.8 Å². The largest absolute Gasteiger partial charge is 0.330 e. The topological polar surface area (TPSA) is 59.2 Å². The van der Waals surface area contributed by atoms with Gasteiger partial charge in [-0.05, 0) is 25.5 Å². The van der Waals surface area contributed by atoms with E-state index < -0.39 is 0 Å². The predicted molar refractivity (Wildman–Crippen MR) is 84.2 cm³/mol. The van der Waals surface area contributed by atoms with Crippen LogP contribution in [-0.2, 0) is 13.0 Å². The molecule has 1 amide bonds. The zero-order valence-corrected chi connectivity index (χ0v) is 13.0. The molecule has 0 saturated heterocycles. The molecule has 0 radical (unpaired) electrons. The van der Waals surface area contributed by atoms with Gasteiger partial charge in [0, 0.05) is 30.0 Å². The number of rotatable bonds is 6. The van der Waals surface area contributed by atoms with E-state index in [2.05, 4.69) is 4.98 Å². The van der Waals surface area contributed by atoms with Crippen LogP contribution < -0.4 is 5.73 Å². The van der Waals surface area contributed by atoms with Crippen molar-refractivity contribution >= 4 is 17.2 Å². The summed E-state index contributed by atoms with van der Waals surface area (Å²) in [6, 6.07) is 6.79.